The summed E-state index contributed by atoms with van der Waals surface area (Å²) >= 11 is 0. The van der Waals surface area contributed by atoms with Crippen molar-refractivity contribution in [3.63, 3.8) is 0 Å². The third kappa shape index (κ3) is 6.00. The molecule has 1 aliphatic heterocycles. The molecule has 0 saturated carbocycles. The lowest BCUT2D eigenvalue weighted by Crippen LogP contribution is -2.30. The Kier molecular flexibility index (Phi) is 8.50. The minimum atomic E-state index is -3.28. The van der Waals surface area contributed by atoms with Gasteiger partial charge in [-0.1, -0.05) is 24.2 Å². The van der Waals surface area contributed by atoms with E-state index in [0.29, 0.717) is 31.7 Å². The summed E-state index contributed by atoms with van der Waals surface area (Å²) in [5.74, 6) is -0.304. The van der Waals surface area contributed by atoms with E-state index in [2.05, 4.69) is 20.4 Å². The second kappa shape index (κ2) is 11.3. The van der Waals surface area contributed by atoms with Gasteiger partial charge in [-0.3, -0.25) is 18.9 Å². The summed E-state index contributed by atoms with van der Waals surface area (Å²) in [6.45, 7) is 2.98. The van der Waals surface area contributed by atoms with Crippen LogP contribution in [-0.4, -0.2) is 79.1 Å². The first-order valence-electron chi connectivity index (χ1n) is 10.1. The minimum Gasteiger partial charge on any atom is -0.395 e. The molecule has 12 heteroatoms. The van der Waals surface area contributed by atoms with Gasteiger partial charge in [0.25, 0.3) is 5.91 Å². The maximum Gasteiger partial charge on any atom is 0.279 e. The molecule has 2 heterocycles. The largest absolute Gasteiger partial charge is 0.395 e. The van der Waals surface area contributed by atoms with E-state index in [-0.39, 0.29) is 35.7 Å². The Hall–Kier alpha value is -2.61. The average molecular weight is 466 g/mol. The summed E-state index contributed by atoms with van der Waals surface area (Å²) in [5.41, 5.74) is 0.405. The van der Waals surface area contributed by atoms with Gasteiger partial charge < -0.3 is 20.0 Å². The number of aliphatic hydroxyl groups is 1. The second-order valence-electron chi connectivity index (χ2n) is 6.86. The maximum atomic E-state index is 12.9. The van der Waals surface area contributed by atoms with E-state index < -0.39 is 16.7 Å². The number of nitrogens with zero attached hydrogens (tertiary/aromatic N) is 4. The van der Waals surface area contributed by atoms with Crippen LogP contribution in [0.1, 0.15) is 18.9 Å². The van der Waals surface area contributed by atoms with Crippen LogP contribution >= 0.6 is 10.8 Å². The highest BCUT2D eigenvalue weighted by molar-refractivity contribution is 8.22. The van der Waals surface area contributed by atoms with E-state index in [1.54, 1.807) is 19.1 Å². The molecule has 3 rings (SSSR count). The fraction of sp³-hybridized carbons (Fsp3) is 0.400. The molecule has 1 aromatic carbocycles. The highest BCUT2D eigenvalue weighted by Gasteiger charge is 2.25. The van der Waals surface area contributed by atoms with E-state index in [4.69, 9.17) is 9.57 Å². The number of amides is 1. The Morgan fingerprint density at radius 2 is 2.12 bits per heavy atom. The summed E-state index contributed by atoms with van der Waals surface area (Å²) in [7, 11) is -3.28. The molecule has 0 radical (unpaired) electrons. The Balaban J connectivity index is 1.85. The number of hydrogen-bond acceptors (Lipinski definition) is 10. The van der Waals surface area contributed by atoms with Gasteiger partial charge in [-0.05, 0) is 12.1 Å². The highest BCUT2D eigenvalue weighted by atomic mass is 32.3. The standard InChI is InChI=1S/C20H27N5O6S/c1-2-25(10-11-26)32(28,29)17-5-3-15(4-6-17)19(24-31-16-7-12-30-14-16)20(27)23-18-13-21-8-9-22-18/h3-6,8-9,13,16,26,28-29H,2,7,10-12,14H2,1H3,(H,22,23,27)/b24-19+/t16-/m1/s1. The lowest BCUT2D eigenvalue weighted by Gasteiger charge is -2.42. The van der Waals surface area contributed by atoms with Gasteiger partial charge in [0.15, 0.2) is 17.6 Å². The molecule has 2 aromatic rings. The van der Waals surface area contributed by atoms with Gasteiger partial charge in [-0.2, -0.15) is 0 Å². The van der Waals surface area contributed by atoms with Crippen molar-refractivity contribution >= 4 is 28.2 Å². The Morgan fingerprint density at radius 3 is 2.72 bits per heavy atom. The van der Waals surface area contributed by atoms with Crippen LogP contribution in [-0.2, 0) is 14.4 Å². The molecule has 0 spiro atoms. The normalized spacial score (nSPS) is 17.4. The summed E-state index contributed by atoms with van der Waals surface area (Å²) in [5, 5.41) is 15.9. The first-order chi connectivity index (χ1) is 15.5. The number of likely N-dealkylation sites (N-methyl/N-ethyl adjacent to an activating group) is 1. The number of benzene rings is 1. The summed E-state index contributed by atoms with van der Waals surface area (Å²) in [6, 6.07) is 6.13. The number of nitrogens with one attached hydrogen (secondary N) is 1. The fourth-order valence-electron chi connectivity index (χ4n) is 3.01. The number of aliphatic hydroxyl groups excluding tert-OH is 1. The molecule has 4 N–H and O–H groups in total. The quantitative estimate of drug-likeness (QED) is 0.305. The zero-order chi connectivity index (χ0) is 23.0. The number of rotatable bonds is 10. The molecular weight excluding hydrogens is 438 g/mol. The molecular formula is C20H27N5O6S. The predicted molar refractivity (Wildman–Crippen MR) is 119 cm³/mol. The predicted octanol–water partition coefficient (Wildman–Crippen LogP) is 1.96. The molecule has 1 saturated heterocycles. The topological polar surface area (TPSA) is 150 Å². The van der Waals surface area contributed by atoms with E-state index in [9.17, 15) is 19.0 Å². The van der Waals surface area contributed by atoms with E-state index in [1.807, 2.05) is 0 Å². The van der Waals surface area contributed by atoms with Crippen LogP contribution in [0.25, 0.3) is 0 Å². The lowest BCUT2D eigenvalue weighted by atomic mass is 10.1. The number of carbonyl (C=O) groups is 1. The van der Waals surface area contributed by atoms with Gasteiger partial charge in [0.2, 0.25) is 0 Å². The molecule has 32 heavy (non-hydrogen) atoms. The van der Waals surface area contributed by atoms with Crippen LogP contribution in [0.4, 0.5) is 5.82 Å². The second-order valence-corrected chi connectivity index (χ2v) is 8.89. The van der Waals surface area contributed by atoms with Crippen LogP contribution in [0, 0.1) is 0 Å². The molecule has 0 unspecified atom stereocenters. The van der Waals surface area contributed by atoms with Crippen molar-refractivity contribution in [1.29, 1.82) is 0 Å². The molecule has 1 aliphatic rings. The molecule has 1 atom stereocenters. The van der Waals surface area contributed by atoms with Crippen molar-refractivity contribution < 1.29 is 28.6 Å². The third-order valence-corrected chi connectivity index (χ3v) is 6.77. The Morgan fingerprint density at radius 1 is 1.34 bits per heavy atom. The molecule has 0 aliphatic carbocycles. The van der Waals surface area contributed by atoms with Gasteiger partial charge in [0.1, 0.15) is 0 Å². The molecule has 174 valence electrons. The van der Waals surface area contributed by atoms with Gasteiger partial charge in [-0.15, -0.1) is 10.8 Å². The van der Waals surface area contributed by atoms with Crippen molar-refractivity contribution in [1.82, 2.24) is 14.3 Å². The molecule has 1 amide bonds. The zero-order valence-electron chi connectivity index (χ0n) is 17.6. The average Bonchev–Trinajstić information content (AvgIpc) is 3.32. The summed E-state index contributed by atoms with van der Waals surface area (Å²) in [6.07, 6.45) is 4.75. The Labute approximate surface area is 187 Å². The van der Waals surface area contributed by atoms with Crippen LogP contribution in [0.5, 0.6) is 0 Å². The molecule has 1 fully saturated rings. The SMILES string of the molecule is CCN(CCO)S(O)(O)c1ccc(/C(=N\O[C@@H]2CCOC2)C(=O)Nc2cnccn2)cc1. The van der Waals surface area contributed by atoms with Gasteiger partial charge >= 0.3 is 0 Å². The van der Waals surface area contributed by atoms with Gasteiger partial charge in [0, 0.05) is 37.5 Å². The van der Waals surface area contributed by atoms with Crippen LogP contribution in [0.3, 0.4) is 0 Å². The van der Waals surface area contributed by atoms with E-state index in [0.717, 1.165) is 0 Å². The van der Waals surface area contributed by atoms with Crippen molar-refractivity contribution in [2.24, 2.45) is 5.16 Å². The van der Waals surface area contributed by atoms with Gasteiger partial charge in [0.05, 0.1) is 30.9 Å². The first kappa shape index (κ1) is 24.0. The van der Waals surface area contributed by atoms with Crippen molar-refractivity contribution in [3.8, 4) is 0 Å². The molecule has 11 nitrogen and oxygen atoms in total. The van der Waals surface area contributed by atoms with E-state index in [1.165, 1.54) is 35.0 Å². The first-order valence-corrected chi connectivity index (χ1v) is 11.6. The van der Waals surface area contributed by atoms with E-state index >= 15 is 0 Å². The number of aromatic nitrogens is 2. The van der Waals surface area contributed by atoms with Crippen molar-refractivity contribution in [3.05, 3.63) is 48.4 Å². The van der Waals surface area contributed by atoms with Crippen LogP contribution < -0.4 is 5.32 Å². The monoisotopic (exact) mass is 465 g/mol. The number of anilines is 1. The van der Waals surface area contributed by atoms with Gasteiger partial charge in [-0.25, -0.2) is 9.29 Å². The summed E-state index contributed by atoms with van der Waals surface area (Å²) in [4.78, 5) is 26.6. The minimum absolute atomic E-state index is 0.00621. The smallest absolute Gasteiger partial charge is 0.279 e. The van der Waals surface area contributed by atoms with Crippen LogP contribution in [0.15, 0.2) is 52.9 Å². The molecule has 0 bridgehead atoms. The van der Waals surface area contributed by atoms with Crippen molar-refractivity contribution in [2.75, 3.05) is 38.2 Å². The summed E-state index contributed by atoms with van der Waals surface area (Å²) < 4.78 is 28.0. The fourth-order valence-corrected chi connectivity index (χ4v) is 4.50. The maximum absolute atomic E-state index is 12.9. The molecule has 1 aromatic heterocycles. The highest BCUT2D eigenvalue weighted by Crippen LogP contribution is 2.51. The third-order valence-electron chi connectivity index (χ3n) is 4.71. The Bertz CT molecular complexity index is 906. The number of ether oxygens (including phenoxy) is 1. The number of carbonyl (C=O) groups excluding carboxylic acids is 1. The van der Waals surface area contributed by atoms with Crippen LogP contribution in [0.2, 0.25) is 0 Å². The van der Waals surface area contributed by atoms with Crippen molar-refractivity contribution in [2.45, 2.75) is 24.3 Å². The number of oxime groups is 1. The zero-order valence-corrected chi connectivity index (χ0v) is 18.4. The lowest BCUT2D eigenvalue weighted by molar-refractivity contribution is -0.110. The number of hydrogen-bond donors (Lipinski definition) is 4.